The van der Waals surface area contributed by atoms with Crippen molar-refractivity contribution in [2.24, 2.45) is 5.92 Å². The van der Waals surface area contributed by atoms with Crippen molar-refractivity contribution in [3.63, 3.8) is 0 Å². The number of rotatable bonds is 5. The lowest BCUT2D eigenvalue weighted by Crippen LogP contribution is -2.25. The number of carbonyl (C=O) groups excluding carboxylic acids is 2. The Kier molecular flexibility index (Phi) is 4.42. The Morgan fingerprint density at radius 2 is 1.65 bits per heavy atom. The van der Waals surface area contributed by atoms with Gasteiger partial charge in [0.15, 0.2) is 0 Å². The van der Waals surface area contributed by atoms with E-state index in [-0.39, 0.29) is 17.7 Å². The van der Waals surface area contributed by atoms with Gasteiger partial charge in [-0.3, -0.25) is 9.59 Å². The molecule has 1 atom stereocenters. The highest BCUT2D eigenvalue weighted by Gasteiger charge is 2.37. The van der Waals surface area contributed by atoms with Crippen LogP contribution in [0.2, 0.25) is 0 Å². The zero-order valence-electron chi connectivity index (χ0n) is 13.1. The zero-order valence-corrected chi connectivity index (χ0v) is 13.1. The number of anilines is 1. The lowest BCUT2D eigenvalue weighted by molar-refractivity contribution is -0.118. The molecule has 1 aliphatic rings. The van der Waals surface area contributed by atoms with Gasteiger partial charge in [0.25, 0.3) is 5.91 Å². The molecule has 1 aliphatic carbocycles. The summed E-state index contributed by atoms with van der Waals surface area (Å²) in [7, 11) is 1.58. The fourth-order valence-electron chi connectivity index (χ4n) is 2.86. The molecule has 0 saturated heterocycles. The quantitative estimate of drug-likeness (QED) is 0.891. The summed E-state index contributed by atoms with van der Waals surface area (Å²) in [6, 6.07) is 16.9. The van der Waals surface area contributed by atoms with Crippen LogP contribution in [-0.2, 0) is 4.79 Å². The van der Waals surface area contributed by atoms with Crippen molar-refractivity contribution in [2.75, 3.05) is 12.4 Å². The summed E-state index contributed by atoms with van der Waals surface area (Å²) in [6.45, 7) is 0. The van der Waals surface area contributed by atoms with E-state index in [0.29, 0.717) is 17.2 Å². The number of para-hydroxylation sites is 1. The maximum atomic E-state index is 12.8. The Bertz CT molecular complexity index is 708. The Hall–Kier alpha value is -2.62. The Morgan fingerprint density at radius 3 is 2.30 bits per heavy atom. The number of hydrogen-bond donors (Lipinski definition) is 2. The van der Waals surface area contributed by atoms with Crippen LogP contribution < -0.4 is 10.6 Å². The van der Waals surface area contributed by atoms with E-state index in [1.807, 2.05) is 36.4 Å². The van der Waals surface area contributed by atoms with Crippen LogP contribution in [0.3, 0.4) is 0 Å². The summed E-state index contributed by atoms with van der Waals surface area (Å²) < 4.78 is 0. The van der Waals surface area contributed by atoms with Gasteiger partial charge in [-0.1, -0.05) is 42.5 Å². The van der Waals surface area contributed by atoms with Crippen LogP contribution in [0, 0.1) is 5.92 Å². The van der Waals surface area contributed by atoms with Crippen molar-refractivity contribution in [3.8, 4) is 0 Å². The molecule has 0 spiro atoms. The predicted octanol–water partition coefficient (Wildman–Crippen LogP) is 3.18. The van der Waals surface area contributed by atoms with Gasteiger partial charge in [-0.15, -0.1) is 0 Å². The molecule has 0 bridgehead atoms. The smallest absolute Gasteiger partial charge is 0.253 e. The monoisotopic (exact) mass is 308 g/mol. The molecule has 2 aromatic carbocycles. The minimum Gasteiger partial charge on any atom is -0.355 e. The Balaban J connectivity index is 1.85. The first-order chi connectivity index (χ1) is 11.2. The maximum absolute atomic E-state index is 12.8. The highest BCUT2D eigenvalue weighted by molar-refractivity contribution is 6.05. The largest absolute Gasteiger partial charge is 0.355 e. The normalized spacial score (nSPS) is 14.8. The van der Waals surface area contributed by atoms with Crippen LogP contribution in [0.4, 0.5) is 5.69 Å². The van der Waals surface area contributed by atoms with Gasteiger partial charge < -0.3 is 10.6 Å². The molecule has 3 rings (SSSR count). The van der Waals surface area contributed by atoms with Gasteiger partial charge in [0.2, 0.25) is 5.91 Å². The summed E-state index contributed by atoms with van der Waals surface area (Å²) in [5.74, 6) is -0.0165. The Labute approximate surface area is 135 Å². The number of carbonyl (C=O) groups is 2. The Morgan fingerprint density at radius 1 is 1.00 bits per heavy atom. The van der Waals surface area contributed by atoms with Crippen molar-refractivity contribution in [1.29, 1.82) is 0 Å². The molecule has 4 nitrogen and oxygen atoms in total. The van der Waals surface area contributed by atoms with Crippen molar-refractivity contribution in [1.82, 2.24) is 5.32 Å². The van der Waals surface area contributed by atoms with Gasteiger partial charge >= 0.3 is 0 Å². The van der Waals surface area contributed by atoms with Crippen LogP contribution in [-0.4, -0.2) is 18.9 Å². The van der Waals surface area contributed by atoms with Crippen LogP contribution in [0.25, 0.3) is 0 Å². The molecule has 1 fully saturated rings. The summed E-state index contributed by atoms with van der Waals surface area (Å²) in [5.41, 5.74) is 2.06. The summed E-state index contributed by atoms with van der Waals surface area (Å²) >= 11 is 0. The third kappa shape index (κ3) is 3.42. The van der Waals surface area contributed by atoms with Gasteiger partial charge in [0.1, 0.15) is 0 Å². The molecule has 2 N–H and O–H groups in total. The first-order valence-corrected chi connectivity index (χ1v) is 7.87. The van der Waals surface area contributed by atoms with E-state index in [2.05, 4.69) is 10.6 Å². The zero-order chi connectivity index (χ0) is 16.2. The third-order valence-corrected chi connectivity index (χ3v) is 4.19. The van der Waals surface area contributed by atoms with Gasteiger partial charge in [-0.05, 0) is 36.5 Å². The number of amides is 2. The lowest BCUT2D eigenvalue weighted by Gasteiger charge is -2.18. The molecule has 0 heterocycles. The summed E-state index contributed by atoms with van der Waals surface area (Å²) in [6.07, 6.45) is 2.15. The second kappa shape index (κ2) is 6.65. The van der Waals surface area contributed by atoms with Gasteiger partial charge in [0.05, 0.1) is 17.2 Å². The first kappa shape index (κ1) is 15.3. The van der Waals surface area contributed by atoms with E-state index in [9.17, 15) is 9.59 Å². The van der Waals surface area contributed by atoms with E-state index in [4.69, 9.17) is 0 Å². The average molecular weight is 308 g/mol. The SMILES string of the molecule is CNC(=O)c1ccccc1NC(=O)C(c1ccccc1)C1CC1. The molecule has 2 amide bonds. The molecule has 0 radical (unpaired) electrons. The molecule has 118 valence electrons. The van der Waals surface area contributed by atoms with E-state index in [1.54, 1.807) is 25.2 Å². The molecular formula is C19H20N2O2. The maximum Gasteiger partial charge on any atom is 0.253 e. The van der Waals surface area contributed by atoms with E-state index < -0.39 is 0 Å². The molecule has 0 aliphatic heterocycles. The van der Waals surface area contributed by atoms with E-state index >= 15 is 0 Å². The van der Waals surface area contributed by atoms with Crippen molar-refractivity contribution < 1.29 is 9.59 Å². The number of nitrogens with one attached hydrogen (secondary N) is 2. The van der Waals surface area contributed by atoms with Crippen molar-refractivity contribution in [3.05, 3.63) is 65.7 Å². The molecule has 2 aromatic rings. The van der Waals surface area contributed by atoms with Gasteiger partial charge in [-0.25, -0.2) is 0 Å². The average Bonchev–Trinajstić information content (AvgIpc) is 3.40. The van der Waals surface area contributed by atoms with Gasteiger partial charge in [-0.2, -0.15) is 0 Å². The van der Waals surface area contributed by atoms with Crippen LogP contribution in [0.15, 0.2) is 54.6 Å². The minimum absolute atomic E-state index is 0.0462. The standard InChI is InChI=1S/C19H20N2O2/c1-20-18(22)15-9-5-6-10-16(15)21-19(23)17(14-11-12-14)13-7-3-2-4-8-13/h2-10,14,17H,11-12H2,1H3,(H,20,22)(H,21,23). The minimum atomic E-state index is -0.205. The summed E-state index contributed by atoms with van der Waals surface area (Å²) in [5, 5.41) is 5.55. The molecule has 1 saturated carbocycles. The highest BCUT2D eigenvalue weighted by Crippen LogP contribution is 2.43. The van der Waals surface area contributed by atoms with Crippen LogP contribution in [0.1, 0.15) is 34.7 Å². The molecular weight excluding hydrogens is 288 g/mol. The fraction of sp³-hybridized carbons (Fsp3) is 0.263. The summed E-state index contributed by atoms with van der Waals surface area (Å²) in [4.78, 5) is 24.8. The third-order valence-electron chi connectivity index (χ3n) is 4.19. The predicted molar refractivity (Wildman–Crippen MR) is 90.4 cm³/mol. The second-order valence-electron chi connectivity index (χ2n) is 5.84. The number of hydrogen-bond acceptors (Lipinski definition) is 2. The van der Waals surface area contributed by atoms with Crippen LogP contribution in [0.5, 0.6) is 0 Å². The topological polar surface area (TPSA) is 58.2 Å². The van der Waals surface area contributed by atoms with Crippen molar-refractivity contribution >= 4 is 17.5 Å². The second-order valence-corrected chi connectivity index (χ2v) is 5.84. The van der Waals surface area contributed by atoms with Crippen LogP contribution >= 0.6 is 0 Å². The fourth-order valence-corrected chi connectivity index (χ4v) is 2.86. The van der Waals surface area contributed by atoms with E-state index in [1.165, 1.54) is 0 Å². The number of benzene rings is 2. The van der Waals surface area contributed by atoms with E-state index in [0.717, 1.165) is 18.4 Å². The molecule has 1 unspecified atom stereocenters. The van der Waals surface area contributed by atoms with Crippen molar-refractivity contribution in [2.45, 2.75) is 18.8 Å². The van der Waals surface area contributed by atoms with Gasteiger partial charge in [0, 0.05) is 7.05 Å². The first-order valence-electron chi connectivity index (χ1n) is 7.87. The lowest BCUT2D eigenvalue weighted by atomic mass is 9.93. The highest BCUT2D eigenvalue weighted by atomic mass is 16.2. The molecule has 0 aromatic heterocycles. The molecule has 4 heteroatoms. The molecule has 23 heavy (non-hydrogen) atoms.